The van der Waals surface area contributed by atoms with Gasteiger partial charge in [-0.25, -0.2) is 19.8 Å². The Balaban J connectivity index is 1.78. The molecule has 0 aliphatic rings. The summed E-state index contributed by atoms with van der Waals surface area (Å²) in [7, 11) is 0. The lowest BCUT2D eigenvalue weighted by atomic mass is 10.1. The van der Waals surface area contributed by atoms with Crippen molar-refractivity contribution < 1.29 is 19.7 Å². The average Bonchev–Trinajstić information content (AvgIpc) is 3.21. The van der Waals surface area contributed by atoms with Crippen molar-refractivity contribution in [3.8, 4) is 11.5 Å². The number of isocyanates is 1. The van der Waals surface area contributed by atoms with E-state index in [4.69, 9.17) is 15.5 Å². The maximum atomic E-state index is 10.4. The first-order valence-corrected chi connectivity index (χ1v) is 11.7. The van der Waals surface area contributed by atoms with Gasteiger partial charge in [0.2, 0.25) is 6.08 Å². The smallest absolute Gasteiger partial charge is 0.235 e. The summed E-state index contributed by atoms with van der Waals surface area (Å²) in [5, 5.41) is 21.3. The number of pyridine rings is 1. The Morgan fingerprint density at radius 1 is 1.11 bits per heavy atom. The minimum Gasteiger partial charge on any atom is -0.508 e. The molecule has 2 aromatic heterocycles. The third kappa shape index (κ3) is 5.42. The van der Waals surface area contributed by atoms with E-state index >= 15 is 0 Å². The highest BCUT2D eigenvalue weighted by molar-refractivity contribution is 6.06. The summed E-state index contributed by atoms with van der Waals surface area (Å²) in [5.41, 5.74) is 10.2. The number of aryl methyl sites for hydroxylation is 1. The number of phenolic OH excluding ortho intramolecular Hbond substituents is 2. The molecular weight excluding hydrogens is 446 g/mol. The van der Waals surface area contributed by atoms with Crippen LogP contribution in [0, 0.1) is 0 Å². The molecule has 0 aliphatic carbocycles. The number of aliphatic imine (C=N–C) groups is 1. The van der Waals surface area contributed by atoms with Crippen LogP contribution < -0.4 is 5.73 Å². The Morgan fingerprint density at radius 3 is 2.77 bits per heavy atom. The van der Waals surface area contributed by atoms with Gasteiger partial charge in [-0.15, -0.1) is 0 Å². The lowest BCUT2D eigenvalue weighted by Crippen LogP contribution is -2.06. The maximum absolute atomic E-state index is 10.4. The fourth-order valence-electron chi connectivity index (χ4n) is 4.17. The second kappa shape index (κ2) is 11.0. The molecule has 0 saturated carbocycles. The summed E-state index contributed by atoms with van der Waals surface area (Å²) < 4.78 is 7.62. The molecule has 0 fully saturated rings. The van der Waals surface area contributed by atoms with Crippen LogP contribution in [-0.4, -0.2) is 50.6 Å². The number of unbranched alkanes of at least 4 members (excludes halogenated alkanes) is 1. The lowest BCUT2D eigenvalue weighted by molar-refractivity contribution is 0.145. The predicted molar refractivity (Wildman–Crippen MR) is 134 cm³/mol. The standard InChI is InChI=1S/C26H29N5O4/c1-2-3-4-23-30-24-25(31(23)15-18-14-19(33)6-8-22(18)34)20-13-17(5-7-21(20)29-26(24)27)9-11-35-12-10-28-16-32/h5-8,13-14,33-34H,2-4,9-12,15H2,1H3,(H2,27,29). The third-order valence-corrected chi connectivity index (χ3v) is 5.94. The number of ether oxygens (including phenoxy) is 1. The molecule has 0 aliphatic heterocycles. The number of hydrogen-bond donors (Lipinski definition) is 3. The first-order valence-electron chi connectivity index (χ1n) is 11.7. The van der Waals surface area contributed by atoms with E-state index in [0.717, 1.165) is 47.1 Å². The second-order valence-corrected chi connectivity index (χ2v) is 8.41. The number of phenols is 2. The van der Waals surface area contributed by atoms with E-state index in [0.29, 0.717) is 49.6 Å². The average molecular weight is 476 g/mol. The zero-order chi connectivity index (χ0) is 24.8. The van der Waals surface area contributed by atoms with Gasteiger partial charge in [-0.2, -0.15) is 0 Å². The molecule has 4 aromatic rings. The van der Waals surface area contributed by atoms with Crippen LogP contribution in [-0.2, 0) is 28.9 Å². The topological polar surface area (TPSA) is 136 Å². The summed E-state index contributed by atoms with van der Waals surface area (Å²) in [4.78, 5) is 23.1. The number of benzene rings is 2. The van der Waals surface area contributed by atoms with Crippen LogP contribution in [0.15, 0.2) is 41.4 Å². The molecule has 4 rings (SSSR count). The molecule has 0 atom stereocenters. The molecule has 4 N–H and O–H groups in total. The zero-order valence-corrected chi connectivity index (χ0v) is 19.7. The number of nitrogen functional groups attached to an aromatic ring is 1. The van der Waals surface area contributed by atoms with Crippen LogP contribution in [0.2, 0.25) is 0 Å². The summed E-state index contributed by atoms with van der Waals surface area (Å²) in [5.74, 6) is 1.41. The van der Waals surface area contributed by atoms with Crippen molar-refractivity contribution in [2.75, 3.05) is 25.5 Å². The molecule has 0 radical (unpaired) electrons. The highest BCUT2D eigenvalue weighted by Gasteiger charge is 2.19. The van der Waals surface area contributed by atoms with E-state index in [-0.39, 0.29) is 11.5 Å². The van der Waals surface area contributed by atoms with E-state index in [1.165, 1.54) is 18.2 Å². The molecule has 2 aromatic carbocycles. The van der Waals surface area contributed by atoms with E-state index in [2.05, 4.69) is 27.5 Å². The number of hydrogen-bond acceptors (Lipinski definition) is 8. The van der Waals surface area contributed by atoms with Gasteiger partial charge in [-0.1, -0.05) is 19.4 Å². The Kier molecular flexibility index (Phi) is 7.60. The SMILES string of the molecule is CCCCc1nc2c(N)nc3ccc(CCOCCN=C=O)cc3c2n1Cc1cc(O)ccc1O. The highest BCUT2D eigenvalue weighted by atomic mass is 16.5. The third-order valence-electron chi connectivity index (χ3n) is 5.94. The Bertz CT molecular complexity index is 1390. The fraction of sp³-hybridized carbons (Fsp3) is 0.346. The van der Waals surface area contributed by atoms with Gasteiger partial charge in [0.25, 0.3) is 0 Å². The molecule has 0 bridgehead atoms. The van der Waals surface area contributed by atoms with Crippen molar-refractivity contribution in [2.24, 2.45) is 4.99 Å². The number of anilines is 1. The van der Waals surface area contributed by atoms with Crippen LogP contribution in [0.3, 0.4) is 0 Å². The second-order valence-electron chi connectivity index (χ2n) is 8.41. The van der Waals surface area contributed by atoms with Gasteiger partial charge < -0.3 is 25.3 Å². The first kappa shape index (κ1) is 24.2. The van der Waals surface area contributed by atoms with Crippen LogP contribution in [0.25, 0.3) is 21.9 Å². The predicted octanol–water partition coefficient (Wildman–Crippen LogP) is 3.86. The minimum absolute atomic E-state index is 0.0875. The van der Waals surface area contributed by atoms with Crippen molar-refractivity contribution in [3.63, 3.8) is 0 Å². The van der Waals surface area contributed by atoms with Gasteiger partial charge in [-0.05, 0) is 48.7 Å². The molecule has 182 valence electrons. The van der Waals surface area contributed by atoms with Gasteiger partial charge in [0.05, 0.1) is 37.3 Å². The Labute approximate surface area is 202 Å². The Morgan fingerprint density at radius 2 is 1.97 bits per heavy atom. The molecule has 0 saturated heterocycles. The fourth-order valence-corrected chi connectivity index (χ4v) is 4.17. The molecule has 35 heavy (non-hydrogen) atoms. The monoisotopic (exact) mass is 475 g/mol. The summed E-state index contributed by atoms with van der Waals surface area (Å²) >= 11 is 0. The normalized spacial score (nSPS) is 11.2. The summed E-state index contributed by atoms with van der Waals surface area (Å²) in [6.07, 6.45) is 4.90. The van der Waals surface area contributed by atoms with Crippen LogP contribution >= 0.6 is 0 Å². The number of imidazole rings is 1. The largest absolute Gasteiger partial charge is 0.508 e. The number of rotatable bonds is 11. The zero-order valence-electron chi connectivity index (χ0n) is 19.7. The van der Waals surface area contributed by atoms with Crippen molar-refractivity contribution in [1.82, 2.24) is 14.5 Å². The number of carbonyl (C=O) groups excluding carboxylic acids is 1. The molecule has 0 spiro atoms. The van der Waals surface area contributed by atoms with Crippen molar-refractivity contribution in [2.45, 2.75) is 39.2 Å². The van der Waals surface area contributed by atoms with Gasteiger partial charge in [0, 0.05) is 17.4 Å². The number of fused-ring (bicyclic) bond motifs is 3. The van der Waals surface area contributed by atoms with E-state index in [9.17, 15) is 15.0 Å². The highest BCUT2D eigenvalue weighted by Crippen LogP contribution is 2.32. The van der Waals surface area contributed by atoms with Gasteiger partial charge in [0.1, 0.15) is 22.8 Å². The number of nitrogens with zero attached hydrogens (tertiary/aromatic N) is 4. The quantitative estimate of drug-likeness (QED) is 0.130. The first-order chi connectivity index (χ1) is 17.0. The lowest BCUT2D eigenvalue weighted by Gasteiger charge is -2.13. The van der Waals surface area contributed by atoms with E-state index in [1.807, 2.05) is 12.1 Å². The number of nitrogens with two attached hydrogens (primary N) is 1. The summed E-state index contributed by atoms with van der Waals surface area (Å²) in [6, 6.07) is 10.5. The number of aromatic nitrogens is 3. The van der Waals surface area contributed by atoms with Gasteiger partial charge in [-0.3, -0.25) is 0 Å². The van der Waals surface area contributed by atoms with E-state index in [1.54, 1.807) is 6.07 Å². The molecule has 9 nitrogen and oxygen atoms in total. The summed E-state index contributed by atoms with van der Waals surface area (Å²) in [6.45, 7) is 3.61. The van der Waals surface area contributed by atoms with Gasteiger partial charge in [0.15, 0.2) is 5.82 Å². The number of aromatic hydroxyl groups is 2. The van der Waals surface area contributed by atoms with Crippen LogP contribution in [0.1, 0.15) is 36.7 Å². The minimum atomic E-state index is 0.0875. The Hall–Kier alpha value is -3.94. The van der Waals surface area contributed by atoms with Gasteiger partial charge >= 0.3 is 0 Å². The van der Waals surface area contributed by atoms with E-state index < -0.39 is 0 Å². The van der Waals surface area contributed by atoms with Crippen LogP contribution in [0.5, 0.6) is 11.5 Å². The molecule has 0 amide bonds. The molecular formula is C26H29N5O4. The molecule has 9 heteroatoms. The van der Waals surface area contributed by atoms with Crippen molar-refractivity contribution in [3.05, 3.63) is 53.3 Å². The van der Waals surface area contributed by atoms with Crippen molar-refractivity contribution >= 4 is 33.8 Å². The molecule has 0 unspecified atom stereocenters. The van der Waals surface area contributed by atoms with Crippen LogP contribution in [0.4, 0.5) is 5.82 Å². The maximum Gasteiger partial charge on any atom is 0.235 e. The molecule has 2 heterocycles. The van der Waals surface area contributed by atoms with Crippen molar-refractivity contribution in [1.29, 1.82) is 0 Å².